The van der Waals surface area contributed by atoms with Gasteiger partial charge in [-0.1, -0.05) is 23.4 Å². The van der Waals surface area contributed by atoms with Crippen LogP contribution in [0.15, 0.2) is 45.5 Å². The molecule has 0 fully saturated rings. The van der Waals surface area contributed by atoms with Gasteiger partial charge in [-0.15, -0.1) is 11.3 Å². The number of nitrogens with two attached hydrogens (primary N) is 1. The monoisotopic (exact) mass is 269 g/mol. The van der Waals surface area contributed by atoms with Crippen molar-refractivity contribution < 1.29 is 4.79 Å². The third kappa shape index (κ3) is 2.78. The second-order valence-corrected chi connectivity index (χ2v) is 5.93. The minimum Gasteiger partial charge on any atom is -0.365 e. The highest BCUT2D eigenvalue weighted by Crippen LogP contribution is 2.33. The molecule has 0 aliphatic heterocycles. The third-order valence-corrected chi connectivity index (χ3v) is 4.35. The van der Waals surface area contributed by atoms with Gasteiger partial charge in [-0.25, -0.2) is 0 Å². The van der Waals surface area contributed by atoms with Gasteiger partial charge in [0.15, 0.2) is 0 Å². The van der Waals surface area contributed by atoms with Crippen molar-refractivity contribution in [1.82, 2.24) is 0 Å². The number of halogens is 1. The van der Waals surface area contributed by atoms with E-state index in [-0.39, 0.29) is 5.91 Å². The van der Waals surface area contributed by atoms with Crippen LogP contribution in [0.1, 0.15) is 9.67 Å². The Hall–Kier alpha value is -0.970. The number of thiophene rings is 1. The van der Waals surface area contributed by atoms with Gasteiger partial charge in [-0.2, -0.15) is 0 Å². The lowest BCUT2D eigenvalue weighted by molar-refractivity contribution is 0.100. The molecule has 2 N–H and O–H groups in total. The first-order valence-corrected chi connectivity index (χ1v) is 6.49. The lowest BCUT2D eigenvalue weighted by Crippen LogP contribution is -2.07. The van der Waals surface area contributed by atoms with E-state index in [1.807, 2.05) is 30.3 Å². The summed E-state index contributed by atoms with van der Waals surface area (Å²) in [6, 6.07) is 11.2. The fourth-order valence-corrected chi connectivity index (χ4v) is 3.21. The van der Waals surface area contributed by atoms with Crippen LogP contribution in [0.3, 0.4) is 0 Å². The summed E-state index contributed by atoms with van der Waals surface area (Å²) in [7, 11) is 0. The normalized spacial score (nSPS) is 10.3. The Bertz CT molecular complexity index is 507. The zero-order valence-corrected chi connectivity index (χ0v) is 10.5. The number of carbonyl (C=O) groups is 1. The topological polar surface area (TPSA) is 43.1 Å². The largest absolute Gasteiger partial charge is 0.365 e. The second kappa shape index (κ2) is 4.91. The first-order chi connectivity index (χ1) is 7.65. The standard InChI is InChI=1S/C11H8ClNOS2/c12-7-1-3-8(4-2-7)15-10-6-5-9(16-10)11(13)14/h1-6H,(H2,13,14). The van der Waals surface area contributed by atoms with Crippen LogP contribution < -0.4 is 5.73 Å². The fraction of sp³-hybridized carbons (Fsp3) is 0. The maximum atomic E-state index is 10.9. The van der Waals surface area contributed by atoms with Crippen LogP contribution >= 0.6 is 34.7 Å². The summed E-state index contributed by atoms with van der Waals surface area (Å²) in [4.78, 5) is 12.6. The van der Waals surface area contributed by atoms with Gasteiger partial charge in [-0.05, 0) is 36.4 Å². The molecule has 1 aromatic carbocycles. The first kappa shape index (κ1) is 11.5. The summed E-state index contributed by atoms with van der Waals surface area (Å²) in [6.45, 7) is 0. The molecule has 0 saturated heterocycles. The molecular weight excluding hydrogens is 262 g/mol. The van der Waals surface area contributed by atoms with Crippen molar-refractivity contribution in [3.63, 3.8) is 0 Å². The number of amides is 1. The Kier molecular flexibility index (Phi) is 3.53. The Morgan fingerprint density at radius 1 is 1.19 bits per heavy atom. The van der Waals surface area contributed by atoms with Crippen LogP contribution in [0.2, 0.25) is 5.02 Å². The summed E-state index contributed by atoms with van der Waals surface area (Å²) in [6.07, 6.45) is 0. The maximum absolute atomic E-state index is 10.9. The van der Waals surface area contributed by atoms with Crippen molar-refractivity contribution >= 4 is 40.6 Å². The molecule has 0 bridgehead atoms. The van der Waals surface area contributed by atoms with Crippen molar-refractivity contribution in [1.29, 1.82) is 0 Å². The molecule has 1 heterocycles. The van der Waals surface area contributed by atoms with E-state index in [0.717, 1.165) is 9.10 Å². The SMILES string of the molecule is NC(=O)c1ccc(Sc2ccc(Cl)cc2)s1. The molecule has 1 amide bonds. The number of hydrogen-bond donors (Lipinski definition) is 1. The number of primary amides is 1. The summed E-state index contributed by atoms with van der Waals surface area (Å²) < 4.78 is 1.04. The Balaban J connectivity index is 2.14. The predicted octanol–water partition coefficient (Wildman–Crippen LogP) is 3.65. The Labute approximate surface area is 106 Å². The molecule has 2 aromatic rings. The van der Waals surface area contributed by atoms with Gasteiger partial charge in [0.25, 0.3) is 5.91 Å². The second-order valence-electron chi connectivity index (χ2n) is 3.04. The quantitative estimate of drug-likeness (QED) is 0.924. The number of hydrogen-bond acceptors (Lipinski definition) is 3. The highest BCUT2D eigenvalue weighted by molar-refractivity contribution is 8.01. The van der Waals surface area contributed by atoms with Crippen LogP contribution in [0.25, 0.3) is 0 Å². The van der Waals surface area contributed by atoms with Crippen LogP contribution in [0, 0.1) is 0 Å². The molecule has 5 heteroatoms. The van der Waals surface area contributed by atoms with E-state index in [1.54, 1.807) is 17.8 Å². The molecule has 16 heavy (non-hydrogen) atoms. The summed E-state index contributed by atoms with van der Waals surface area (Å²) in [5.74, 6) is -0.382. The molecule has 0 spiro atoms. The van der Waals surface area contributed by atoms with Crippen LogP contribution in [0.4, 0.5) is 0 Å². The van der Waals surface area contributed by atoms with Crippen LogP contribution in [-0.2, 0) is 0 Å². The molecule has 2 rings (SSSR count). The average Bonchev–Trinajstić information content (AvgIpc) is 2.70. The minimum absolute atomic E-state index is 0.382. The molecule has 0 aliphatic rings. The third-order valence-electron chi connectivity index (χ3n) is 1.86. The van der Waals surface area contributed by atoms with Gasteiger partial charge in [0.2, 0.25) is 0 Å². The predicted molar refractivity (Wildman–Crippen MR) is 68.4 cm³/mol. The van der Waals surface area contributed by atoms with E-state index in [0.29, 0.717) is 9.90 Å². The summed E-state index contributed by atoms with van der Waals surface area (Å²) in [5, 5.41) is 0.716. The van der Waals surface area contributed by atoms with E-state index in [2.05, 4.69) is 0 Å². The Morgan fingerprint density at radius 2 is 1.88 bits per heavy atom. The summed E-state index contributed by atoms with van der Waals surface area (Å²) in [5.41, 5.74) is 5.19. The molecule has 0 aliphatic carbocycles. The molecule has 0 unspecified atom stereocenters. The van der Waals surface area contributed by atoms with Crippen molar-refractivity contribution in [3.05, 3.63) is 46.3 Å². The molecule has 82 valence electrons. The van der Waals surface area contributed by atoms with E-state index in [1.165, 1.54) is 11.3 Å². The van der Waals surface area contributed by atoms with Gasteiger partial charge in [0.1, 0.15) is 0 Å². The smallest absolute Gasteiger partial charge is 0.258 e. The lowest BCUT2D eigenvalue weighted by Gasteiger charge is -1.97. The molecule has 1 aromatic heterocycles. The first-order valence-electron chi connectivity index (χ1n) is 4.48. The van der Waals surface area contributed by atoms with E-state index < -0.39 is 0 Å². The van der Waals surface area contributed by atoms with Crippen LogP contribution in [0.5, 0.6) is 0 Å². The zero-order valence-electron chi connectivity index (χ0n) is 8.14. The van der Waals surface area contributed by atoms with Gasteiger partial charge in [-0.3, -0.25) is 4.79 Å². The van der Waals surface area contributed by atoms with Crippen molar-refractivity contribution in [2.75, 3.05) is 0 Å². The lowest BCUT2D eigenvalue weighted by atomic mass is 10.4. The van der Waals surface area contributed by atoms with Gasteiger partial charge >= 0.3 is 0 Å². The molecule has 0 radical (unpaired) electrons. The zero-order chi connectivity index (χ0) is 11.5. The molecular formula is C11H8ClNOS2. The fourth-order valence-electron chi connectivity index (χ4n) is 1.13. The highest BCUT2D eigenvalue weighted by Gasteiger charge is 2.06. The van der Waals surface area contributed by atoms with Crippen LogP contribution in [-0.4, -0.2) is 5.91 Å². The van der Waals surface area contributed by atoms with E-state index in [4.69, 9.17) is 17.3 Å². The molecule has 2 nitrogen and oxygen atoms in total. The number of rotatable bonds is 3. The van der Waals surface area contributed by atoms with Gasteiger partial charge < -0.3 is 5.73 Å². The van der Waals surface area contributed by atoms with Crippen molar-refractivity contribution in [2.45, 2.75) is 9.10 Å². The number of benzene rings is 1. The Morgan fingerprint density at radius 3 is 2.44 bits per heavy atom. The minimum atomic E-state index is -0.382. The number of carbonyl (C=O) groups excluding carboxylic acids is 1. The average molecular weight is 270 g/mol. The molecule has 0 saturated carbocycles. The molecule has 0 atom stereocenters. The van der Waals surface area contributed by atoms with Gasteiger partial charge in [0.05, 0.1) is 9.09 Å². The highest BCUT2D eigenvalue weighted by atomic mass is 35.5. The van der Waals surface area contributed by atoms with Crippen molar-refractivity contribution in [3.8, 4) is 0 Å². The summed E-state index contributed by atoms with van der Waals surface area (Å²) >= 11 is 8.77. The van der Waals surface area contributed by atoms with Gasteiger partial charge in [0, 0.05) is 9.92 Å². The van der Waals surface area contributed by atoms with E-state index in [9.17, 15) is 4.79 Å². The maximum Gasteiger partial charge on any atom is 0.258 e. The van der Waals surface area contributed by atoms with Crippen molar-refractivity contribution in [2.24, 2.45) is 5.73 Å². The van der Waals surface area contributed by atoms with E-state index >= 15 is 0 Å².